The predicted octanol–water partition coefficient (Wildman–Crippen LogP) is 4.15. The summed E-state index contributed by atoms with van der Waals surface area (Å²) >= 11 is 2.02. The van der Waals surface area contributed by atoms with Crippen molar-refractivity contribution >= 4 is 40.7 Å². The molecular weight excluding hydrogens is 695 g/mol. The molecule has 3 N–H and O–H groups in total. The summed E-state index contributed by atoms with van der Waals surface area (Å²) in [5.74, 6) is 1.21. The molecule has 0 unspecified atom stereocenters. The highest BCUT2D eigenvalue weighted by atomic mass is 127. The topological polar surface area (TPSA) is 144 Å². The maximum absolute atomic E-state index is 13.9. The van der Waals surface area contributed by atoms with E-state index in [1.807, 2.05) is 34.7 Å². The van der Waals surface area contributed by atoms with Crippen LogP contribution in [0.4, 0.5) is 0 Å². The third-order valence-corrected chi connectivity index (χ3v) is 8.66. The number of benzene rings is 2. The van der Waals surface area contributed by atoms with Gasteiger partial charge in [-0.15, -0.1) is 0 Å². The number of ether oxygens (including phenoxy) is 4. The number of aliphatic hydroxyl groups excluding tert-OH is 2. The zero-order valence-corrected chi connectivity index (χ0v) is 27.8. The third kappa shape index (κ3) is 8.88. The Bertz CT molecular complexity index is 1380. The number of hydrogen-bond acceptors (Lipinski definition) is 9. The highest BCUT2D eigenvalue weighted by Gasteiger charge is 2.41. The van der Waals surface area contributed by atoms with Gasteiger partial charge in [-0.1, -0.05) is 38.7 Å². The van der Waals surface area contributed by atoms with Gasteiger partial charge >= 0.3 is 0 Å². The Kier molecular flexibility index (Phi) is 12.9. The standard InChI is InChI=1S/C33H41IN2O9/c1-3-4-5-6-7-8-30(39)36(18-21-9-10-26-27(14-21)44-20-43-26)25-16-23(33(41)35-11-12-37)17-28(31(25)40)45-32-24(34)13-22(19-38)15-29(32)42-2/h9-10,13-15,17,19,25,28,31,37,40H,3-8,11-12,16,18,20H2,1-2H3,(H,35,41)/t25-,28+,31+/m1/s1. The van der Waals surface area contributed by atoms with Crippen LogP contribution < -0.4 is 24.3 Å². The molecule has 11 nitrogen and oxygen atoms in total. The van der Waals surface area contributed by atoms with E-state index in [1.165, 1.54) is 13.2 Å². The number of aldehydes is 1. The predicted molar refractivity (Wildman–Crippen MR) is 175 cm³/mol. The monoisotopic (exact) mass is 736 g/mol. The van der Waals surface area contributed by atoms with Crippen LogP contribution >= 0.6 is 22.6 Å². The van der Waals surface area contributed by atoms with E-state index in [0.717, 1.165) is 31.2 Å². The molecule has 12 heteroatoms. The van der Waals surface area contributed by atoms with Gasteiger partial charge < -0.3 is 39.4 Å². The summed E-state index contributed by atoms with van der Waals surface area (Å²) in [5.41, 5.74) is 1.49. The minimum Gasteiger partial charge on any atom is -0.493 e. The molecule has 0 saturated heterocycles. The number of rotatable bonds is 16. The molecule has 0 aromatic heterocycles. The lowest BCUT2D eigenvalue weighted by Gasteiger charge is -2.41. The van der Waals surface area contributed by atoms with Crippen LogP contribution in [0.3, 0.4) is 0 Å². The van der Waals surface area contributed by atoms with Gasteiger partial charge in [-0.05, 0) is 64.9 Å². The molecule has 45 heavy (non-hydrogen) atoms. The Morgan fingerprint density at radius 2 is 1.91 bits per heavy atom. The second-order valence-electron chi connectivity index (χ2n) is 11.0. The first kappa shape index (κ1) is 34.5. The summed E-state index contributed by atoms with van der Waals surface area (Å²) in [4.78, 5) is 40.2. The maximum Gasteiger partial charge on any atom is 0.247 e. The van der Waals surface area contributed by atoms with Gasteiger partial charge in [0.15, 0.2) is 23.0 Å². The molecule has 244 valence electrons. The van der Waals surface area contributed by atoms with Crippen molar-refractivity contribution in [2.24, 2.45) is 0 Å². The normalized spacial score (nSPS) is 18.6. The molecule has 2 aromatic rings. The number of amides is 2. The van der Waals surface area contributed by atoms with Crippen LogP contribution in [0.2, 0.25) is 0 Å². The van der Waals surface area contributed by atoms with Crippen molar-refractivity contribution in [2.45, 2.75) is 76.7 Å². The van der Waals surface area contributed by atoms with Crippen molar-refractivity contribution < 1.29 is 43.5 Å². The van der Waals surface area contributed by atoms with Crippen LogP contribution in [0.25, 0.3) is 0 Å². The molecule has 0 fully saturated rings. The smallest absolute Gasteiger partial charge is 0.247 e. The van der Waals surface area contributed by atoms with Crippen LogP contribution in [0.15, 0.2) is 42.0 Å². The second-order valence-corrected chi connectivity index (χ2v) is 12.2. The Labute approximate surface area is 277 Å². The third-order valence-electron chi connectivity index (χ3n) is 7.86. The number of aliphatic hydroxyl groups is 2. The molecule has 2 aromatic carbocycles. The van der Waals surface area contributed by atoms with Crippen LogP contribution in [0.1, 0.15) is 67.8 Å². The lowest BCUT2D eigenvalue weighted by atomic mass is 9.87. The Morgan fingerprint density at radius 3 is 2.64 bits per heavy atom. The molecule has 1 heterocycles. The Morgan fingerprint density at radius 1 is 1.13 bits per heavy atom. The first-order valence-corrected chi connectivity index (χ1v) is 16.3. The number of fused-ring (bicyclic) bond motifs is 1. The summed E-state index contributed by atoms with van der Waals surface area (Å²) in [5, 5.41) is 23.8. The molecule has 3 atom stereocenters. The quantitative estimate of drug-likeness (QED) is 0.132. The number of unbranched alkanes of at least 4 members (excludes halogenated alkanes) is 4. The molecule has 0 bridgehead atoms. The zero-order valence-electron chi connectivity index (χ0n) is 25.6. The minimum atomic E-state index is -1.22. The number of carbonyl (C=O) groups is 3. The summed E-state index contributed by atoms with van der Waals surface area (Å²) in [6, 6.07) is 7.80. The maximum atomic E-state index is 13.9. The van der Waals surface area contributed by atoms with E-state index >= 15 is 0 Å². The SMILES string of the molecule is CCCCCCCC(=O)N(Cc1ccc2c(c1)OCO2)[C@@H]1CC(C(=O)NCCO)=C[C@H](Oc2c(I)cc(C=O)cc2OC)[C@H]1O. The van der Waals surface area contributed by atoms with E-state index in [4.69, 9.17) is 18.9 Å². The molecule has 0 spiro atoms. The summed E-state index contributed by atoms with van der Waals surface area (Å²) in [6.07, 6.45) is 5.20. The molecule has 1 aliphatic carbocycles. The summed E-state index contributed by atoms with van der Waals surface area (Å²) in [7, 11) is 1.45. The molecule has 4 rings (SSSR count). The van der Waals surface area contributed by atoms with E-state index in [0.29, 0.717) is 50.4 Å². The number of hydrogen-bond donors (Lipinski definition) is 3. The first-order valence-electron chi connectivity index (χ1n) is 15.2. The average Bonchev–Trinajstić information content (AvgIpc) is 3.52. The van der Waals surface area contributed by atoms with Crippen molar-refractivity contribution in [3.8, 4) is 23.0 Å². The number of halogens is 1. The average molecular weight is 737 g/mol. The van der Waals surface area contributed by atoms with E-state index in [2.05, 4.69) is 12.2 Å². The van der Waals surface area contributed by atoms with E-state index in [1.54, 1.807) is 23.1 Å². The van der Waals surface area contributed by atoms with Gasteiger partial charge in [0.05, 0.1) is 23.3 Å². The molecule has 0 saturated carbocycles. The molecule has 2 amide bonds. The van der Waals surface area contributed by atoms with Crippen molar-refractivity contribution in [3.63, 3.8) is 0 Å². The molecule has 1 aliphatic heterocycles. The molecular formula is C33H41IN2O9. The van der Waals surface area contributed by atoms with Gasteiger partial charge in [-0.2, -0.15) is 0 Å². The van der Waals surface area contributed by atoms with Gasteiger partial charge in [0.1, 0.15) is 18.5 Å². The number of carbonyl (C=O) groups excluding carboxylic acids is 3. The van der Waals surface area contributed by atoms with Crippen LogP contribution in [-0.2, 0) is 16.1 Å². The fourth-order valence-electron chi connectivity index (χ4n) is 5.49. The van der Waals surface area contributed by atoms with Gasteiger partial charge in [0.2, 0.25) is 18.6 Å². The van der Waals surface area contributed by atoms with Crippen LogP contribution in [0.5, 0.6) is 23.0 Å². The Hall–Kier alpha value is -3.36. The van der Waals surface area contributed by atoms with Crippen molar-refractivity contribution in [1.82, 2.24) is 10.2 Å². The summed E-state index contributed by atoms with van der Waals surface area (Å²) < 4.78 is 23.4. The van der Waals surface area contributed by atoms with Crippen LogP contribution in [0, 0.1) is 3.57 Å². The first-order chi connectivity index (χ1) is 21.8. The van der Waals surface area contributed by atoms with Gasteiger partial charge in [0.25, 0.3) is 0 Å². The van der Waals surface area contributed by atoms with E-state index in [-0.39, 0.29) is 45.2 Å². The molecule has 2 aliphatic rings. The zero-order chi connectivity index (χ0) is 32.3. The van der Waals surface area contributed by atoms with Crippen molar-refractivity contribution in [1.29, 1.82) is 0 Å². The Balaban J connectivity index is 1.68. The highest BCUT2D eigenvalue weighted by molar-refractivity contribution is 14.1. The fraction of sp³-hybridized carbons (Fsp3) is 0.485. The number of nitrogens with zero attached hydrogens (tertiary/aromatic N) is 1. The van der Waals surface area contributed by atoms with E-state index in [9.17, 15) is 24.6 Å². The number of methoxy groups -OCH3 is 1. The highest BCUT2D eigenvalue weighted by Crippen LogP contribution is 2.38. The van der Waals surface area contributed by atoms with Crippen LogP contribution in [-0.4, -0.2) is 78.5 Å². The lowest BCUT2D eigenvalue weighted by Crippen LogP contribution is -2.54. The summed E-state index contributed by atoms with van der Waals surface area (Å²) in [6.45, 7) is 2.23. The second kappa shape index (κ2) is 16.8. The largest absolute Gasteiger partial charge is 0.493 e. The fourth-order valence-corrected chi connectivity index (χ4v) is 6.24. The lowest BCUT2D eigenvalue weighted by molar-refractivity contribution is -0.139. The number of nitrogens with one attached hydrogen (secondary N) is 1. The van der Waals surface area contributed by atoms with Gasteiger partial charge in [-0.25, -0.2) is 0 Å². The molecule has 0 radical (unpaired) electrons. The van der Waals surface area contributed by atoms with Crippen molar-refractivity contribution in [2.75, 3.05) is 27.1 Å². The minimum absolute atomic E-state index is 0.0470. The van der Waals surface area contributed by atoms with E-state index < -0.39 is 24.2 Å². The van der Waals surface area contributed by atoms with Crippen molar-refractivity contribution in [3.05, 3.63) is 56.7 Å². The van der Waals surface area contributed by atoms with Gasteiger partial charge in [0, 0.05) is 37.1 Å². The van der Waals surface area contributed by atoms with Gasteiger partial charge in [-0.3, -0.25) is 14.4 Å².